The SMILES string of the molecule is Cc1ccc(-n2ncc(C(=O)NCC(C)C(=O)O)c2C2CC2)cc1Cl. The molecule has 1 aliphatic rings. The fraction of sp³-hybridized carbons (Fsp3) is 0.389. The van der Waals surface area contributed by atoms with Crippen molar-refractivity contribution in [2.24, 2.45) is 5.92 Å². The second-order valence-electron chi connectivity index (χ2n) is 6.51. The number of halogens is 1. The summed E-state index contributed by atoms with van der Waals surface area (Å²) in [5.74, 6) is -1.58. The average molecular weight is 362 g/mol. The zero-order chi connectivity index (χ0) is 18.1. The molecule has 1 amide bonds. The molecule has 1 aliphatic carbocycles. The number of carboxylic acid groups (broad SMARTS) is 1. The van der Waals surface area contributed by atoms with Crippen LogP contribution in [0.25, 0.3) is 5.69 Å². The molecule has 1 aromatic carbocycles. The summed E-state index contributed by atoms with van der Waals surface area (Å²) in [7, 11) is 0. The number of aromatic nitrogens is 2. The fourth-order valence-electron chi connectivity index (χ4n) is 2.63. The number of carbonyl (C=O) groups is 2. The van der Waals surface area contributed by atoms with Gasteiger partial charge >= 0.3 is 5.97 Å². The van der Waals surface area contributed by atoms with Gasteiger partial charge < -0.3 is 10.4 Å². The van der Waals surface area contributed by atoms with Crippen molar-refractivity contribution >= 4 is 23.5 Å². The molecule has 0 bridgehead atoms. The molecule has 1 fully saturated rings. The van der Waals surface area contributed by atoms with Crippen LogP contribution < -0.4 is 5.32 Å². The first-order chi connectivity index (χ1) is 11.9. The number of hydrogen-bond acceptors (Lipinski definition) is 3. The molecule has 0 radical (unpaired) electrons. The number of benzene rings is 1. The number of rotatable bonds is 6. The van der Waals surface area contributed by atoms with Crippen molar-refractivity contribution in [3.63, 3.8) is 0 Å². The van der Waals surface area contributed by atoms with E-state index in [9.17, 15) is 9.59 Å². The minimum atomic E-state index is -0.937. The third-order valence-electron chi connectivity index (χ3n) is 4.41. The van der Waals surface area contributed by atoms with Crippen LogP contribution in [0.4, 0.5) is 0 Å². The Bertz CT molecular complexity index is 827. The predicted molar refractivity (Wildman–Crippen MR) is 94.4 cm³/mol. The number of aliphatic carboxylic acids is 1. The average Bonchev–Trinajstić information content (AvgIpc) is 3.32. The molecule has 1 atom stereocenters. The summed E-state index contributed by atoms with van der Waals surface area (Å²) in [5.41, 5.74) is 3.15. The van der Waals surface area contributed by atoms with Gasteiger partial charge in [0, 0.05) is 17.5 Å². The minimum absolute atomic E-state index is 0.0831. The van der Waals surface area contributed by atoms with Gasteiger partial charge in [0.25, 0.3) is 5.91 Å². The highest BCUT2D eigenvalue weighted by molar-refractivity contribution is 6.31. The number of carbonyl (C=O) groups excluding carboxylic acids is 1. The molecule has 2 aromatic rings. The van der Waals surface area contributed by atoms with Gasteiger partial charge in [-0.2, -0.15) is 5.10 Å². The number of nitrogens with one attached hydrogen (secondary N) is 1. The van der Waals surface area contributed by atoms with Crippen molar-refractivity contribution < 1.29 is 14.7 Å². The van der Waals surface area contributed by atoms with Crippen LogP contribution >= 0.6 is 11.6 Å². The lowest BCUT2D eigenvalue weighted by Crippen LogP contribution is -2.31. The zero-order valence-corrected chi connectivity index (χ0v) is 14.9. The predicted octanol–water partition coefficient (Wildman–Crippen LogP) is 3.16. The van der Waals surface area contributed by atoms with Crippen molar-refractivity contribution in [3.8, 4) is 5.69 Å². The Balaban J connectivity index is 1.88. The molecule has 132 valence electrons. The number of amides is 1. The smallest absolute Gasteiger partial charge is 0.308 e. The first-order valence-electron chi connectivity index (χ1n) is 8.24. The Hall–Kier alpha value is -2.34. The van der Waals surface area contributed by atoms with E-state index >= 15 is 0 Å². The molecule has 2 N–H and O–H groups in total. The van der Waals surface area contributed by atoms with E-state index in [0.717, 1.165) is 29.8 Å². The maximum atomic E-state index is 12.5. The van der Waals surface area contributed by atoms with Crippen LogP contribution in [0.15, 0.2) is 24.4 Å². The van der Waals surface area contributed by atoms with Gasteiger partial charge in [0.1, 0.15) is 0 Å². The van der Waals surface area contributed by atoms with Crippen molar-refractivity contribution in [2.75, 3.05) is 6.54 Å². The third-order valence-corrected chi connectivity index (χ3v) is 4.81. The maximum Gasteiger partial charge on any atom is 0.308 e. The fourth-order valence-corrected chi connectivity index (χ4v) is 2.80. The van der Waals surface area contributed by atoms with Crippen LogP contribution in [0.3, 0.4) is 0 Å². The van der Waals surface area contributed by atoms with Crippen LogP contribution in [0.5, 0.6) is 0 Å². The second kappa shape index (κ2) is 6.88. The highest BCUT2D eigenvalue weighted by Gasteiger charge is 2.33. The van der Waals surface area contributed by atoms with Crippen LogP contribution in [0, 0.1) is 12.8 Å². The van der Waals surface area contributed by atoms with Gasteiger partial charge in [0.15, 0.2) is 0 Å². The highest BCUT2D eigenvalue weighted by atomic mass is 35.5. The van der Waals surface area contributed by atoms with Gasteiger partial charge in [0.05, 0.1) is 29.1 Å². The normalized spacial score (nSPS) is 15.0. The lowest BCUT2D eigenvalue weighted by atomic mass is 10.1. The minimum Gasteiger partial charge on any atom is -0.481 e. The molecular formula is C18H20ClN3O3. The van der Waals surface area contributed by atoms with Gasteiger partial charge in [-0.3, -0.25) is 9.59 Å². The number of nitrogens with zero attached hydrogens (tertiary/aromatic N) is 2. The molecule has 3 rings (SSSR count). The highest BCUT2D eigenvalue weighted by Crippen LogP contribution is 2.42. The Morgan fingerprint density at radius 3 is 2.76 bits per heavy atom. The van der Waals surface area contributed by atoms with E-state index in [2.05, 4.69) is 10.4 Å². The van der Waals surface area contributed by atoms with Gasteiger partial charge in [0.2, 0.25) is 0 Å². The molecular weight excluding hydrogens is 342 g/mol. The van der Waals surface area contributed by atoms with Crippen molar-refractivity contribution in [3.05, 3.63) is 46.2 Å². The van der Waals surface area contributed by atoms with E-state index in [1.807, 2.05) is 25.1 Å². The number of aryl methyl sites for hydroxylation is 1. The first-order valence-corrected chi connectivity index (χ1v) is 8.61. The molecule has 1 saturated carbocycles. The van der Waals surface area contributed by atoms with Crippen molar-refractivity contribution in [1.82, 2.24) is 15.1 Å². The van der Waals surface area contributed by atoms with Gasteiger partial charge in [-0.05, 0) is 37.5 Å². The van der Waals surface area contributed by atoms with E-state index in [0.29, 0.717) is 16.5 Å². The summed E-state index contributed by atoms with van der Waals surface area (Å²) < 4.78 is 1.76. The van der Waals surface area contributed by atoms with Gasteiger partial charge in [-0.1, -0.05) is 24.6 Å². The van der Waals surface area contributed by atoms with E-state index in [-0.39, 0.29) is 12.5 Å². The Kier molecular flexibility index (Phi) is 4.81. The van der Waals surface area contributed by atoms with Crippen LogP contribution in [-0.2, 0) is 4.79 Å². The zero-order valence-electron chi connectivity index (χ0n) is 14.1. The van der Waals surface area contributed by atoms with Crippen LogP contribution in [-0.4, -0.2) is 33.3 Å². The standard InChI is InChI=1S/C18H20ClN3O3/c1-10-3-6-13(7-15(10)19)22-16(12-4-5-12)14(9-21-22)17(23)20-8-11(2)18(24)25/h3,6-7,9,11-12H,4-5,8H2,1-2H3,(H,20,23)(H,24,25). The molecule has 1 aromatic heterocycles. The maximum absolute atomic E-state index is 12.5. The molecule has 0 saturated heterocycles. The molecule has 0 aliphatic heterocycles. The van der Waals surface area contributed by atoms with Crippen molar-refractivity contribution in [2.45, 2.75) is 32.6 Å². The summed E-state index contributed by atoms with van der Waals surface area (Å²) in [6.07, 6.45) is 3.57. The van der Waals surface area contributed by atoms with E-state index in [4.69, 9.17) is 16.7 Å². The molecule has 6 nitrogen and oxygen atoms in total. The van der Waals surface area contributed by atoms with E-state index < -0.39 is 11.9 Å². The first kappa shape index (κ1) is 17.5. The molecule has 1 heterocycles. The largest absolute Gasteiger partial charge is 0.481 e. The number of carboxylic acids is 1. The third kappa shape index (κ3) is 3.69. The van der Waals surface area contributed by atoms with Crippen LogP contribution in [0.1, 0.15) is 47.3 Å². The Morgan fingerprint density at radius 1 is 1.44 bits per heavy atom. The summed E-state index contributed by atoms with van der Waals surface area (Å²) in [4.78, 5) is 23.4. The summed E-state index contributed by atoms with van der Waals surface area (Å²) in [6.45, 7) is 3.57. The Labute approximate surface area is 150 Å². The molecule has 7 heteroatoms. The van der Waals surface area contributed by atoms with E-state index in [1.165, 1.54) is 0 Å². The second-order valence-corrected chi connectivity index (χ2v) is 6.92. The molecule has 25 heavy (non-hydrogen) atoms. The van der Waals surface area contributed by atoms with E-state index in [1.54, 1.807) is 17.8 Å². The number of hydrogen-bond donors (Lipinski definition) is 2. The monoisotopic (exact) mass is 361 g/mol. The van der Waals surface area contributed by atoms with Crippen LogP contribution in [0.2, 0.25) is 5.02 Å². The lowest BCUT2D eigenvalue weighted by molar-refractivity contribution is -0.140. The van der Waals surface area contributed by atoms with Gasteiger partial charge in [-0.25, -0.2) is 4.68 Å². The topological polar surface area (TPSA) is 84.2 Å². The van der Waals surface area contributed by atoms with Crippen molar-refractivity contribution in [1.29, 1.82) is 0 Å². The molecule has 0 spiro atoms. The summed E-state index contributed by atoms with van der Waals surface area (Å²) in [6, 6.07) is 5.68. The quantitative estimate of drug-likeness (QED) is 0.827. The molecule has 1 unspecified atom stereocenters. The lowest BCUT2D eigenvalue weighted by Gasteiger charge is -2.11. The van der Waals surface area contributed by atoms with Gasteiger partial charge in [-0.15, -0.1) is 0 Å². The Morgan fingerprint density at radius 2 is 2.16 bits per heavy atom. The summed E-state index contributed by atoms with van der Waals surface area (Å²) in [5, 5.41) is 16.7. The summed E-state index contributed by atoms with van der Waals surface area (Å²) >= 11 is 6.22.